The molecular formula is C15H27N3O2S. The Bertz CT molecular complexity index is 563. The Kier molecular flexibility index (Phi) is 5.11. The Balaban J connectivity index is 2.06. The van der Waals surface area contributed by atoms with Gasteiger partial charge < -0.3 is 10.3 Å². The third-order valence-corrected chi connectivity index (χ3v) is 6.03. The van der Waals surface area contributed by atoms with Crippen molar-refractivity contribution in [3.8, 4) is 0 Å². The minimum atomic E-state index is -3.35. The van der Waals surface area contributed by atoms with E-state index in [-0.39, 0.29) is 0 Å². The maximum absolute atomic E-state index is 12.6. The van der Waals surface area contributed by atoms with Gasteiger partial charge in [-0.1, -0.05) is 27.7 Å². The van der Waals surface area contributed by atoms with Gasteiger partial charge in [0, 0.05) is 37.6 Å². The van der Waals surface area contributed by atoms with E-state index in [0.717, 1.165) is 12.1 Å². The van der Waals surface area contributed by atoms with Crippen molar-refractivity contribution in [2.45, 2.75) is 51.6 Å². The van der Waals surface area contributed by atoms with Gasteiger partial charge in [-0.25, -0.2) is 8.42 Å². The number of nitrogens with one attached hydrogen (secondary N) is 2. The van der Waals surface area contributed by atoms with Crippen LogP contribution in [0.3, 0.4) is 0 Å². The first kappa shape index (κ1) is 16.5. The van der Waals surface area contributed by atoms with Crippen molar-refractivity contribution in [2.24, 2.45) is 11.8 Å². The summed E-state index contributed by atoms with van der Waals surface area (Å²) in [4.78, 5) is 3.44. The Morgan fingerprint density at radius 2 is 2.10 bits per heavy atom. The lowest BCUT2D eigenvalue weighted by Gasteiger charge is -2.17. The highest BCUT2D eigenvalue weighted by atomic mass is 32.2. The zero-order chi connectivity index (χ0) is 15.6. The second-order valence-electron chi connectivity index (χ2n) is 6.55. The fourth-order valence-electron chi connectivity index (χ4n) is 2.65. The Labute approximate surface area is 128 Å². The quantitative estimate of drug-likeness (QED) is 0.846. The summed E-state index contributed by atoms with van der Waals surface area (Å²) in [6, 6.07) is 2.12. The molecule has 0 radical (unpaired) electrons. The van der Waals surface area contributed by atoms with Crippen molar-refractivity contribution in [1.29, 1.82) is 0 Å². The van der Waals surface area contributed by atoms with Crippen LogP contribution in [0.4, 0.5) is 0 Å². The van der Waals surface area contributed by atoms with Gasteiger partial charge in [0.1, 0.15) is 0 Å². The number of nitrogens with zero attached hydrogens (tertiary/aromatic N) is 1. The summed E-state index contributed by atoms with van der Waals surface area (Å²) >= 11 is 0. The smallest absolute Gasteiger partial charge is 0.244 e. The molecule has 0 amide bonds. The topological polar surface area (TPSA) is 65.2 Å². The van der Waals surface area contributed by atoms with E-state index in [9.17, 15) is 8.42 Å². The fraction of sp³-hybridized carbons (Fsp3) is 0.733. The van der Waals surface area contributed by atoms with Crippen LogP contribution >= 0.6 is 0 Å². The lowest BCUT2D eigenvalue weighted by Crippen LogP contribution is -2.29. The summed E-state index contributed by atoms with van der Waals surface area (Å²) in [5.41, 5.74) is 0.905. The minimum Gasteiger partial charge on any atom is -0.363 e. The number of aromatic nitrogens is 1. The number of aromatic amines is 1. The molecule has 1 saturated heterocycles. The van der Waals surface area contributed by atoms with E-state index in [4.69, 9.17) is 0 Å². The van der Waals surface area contributed by atoms with Gasteiger partial charge in [0.25, 0.3) is 0 Å². The van der Waals surface area contributed by atoms with Crippen molar-refractivity contribution >= 4 is 10.0 Å². The van der Waals surface area contributed by atoms with Crippen LogP contribution in [0.2, 0.25) is 0 Å². The molecule has 0 aromatic carbocycles. The van der Waals surface area contributed by atoms with Crippen LogP contribution in [0, 0.1) is 11.8 Å². The number of rotatable bonds is 6. The molecule has 1 fully saturated rings. The number of hydrogen-bond acceptors (Lipinski definition) is 3. The van der Waals surface area contributed by atoms with E-state index in [1.165, 1.54) is 0 Å². The summed E-state index contributed by atoms with van der Waals surface area (Å²) in [6.45, 7) is 10.4. The van der Waals surface area contributed by atoms with Gasteiger partial charge in [-0.2, -0.15) is 4.31 Å². The first-order valence-corrected chi connectivity index (χ1v) is 9.15. The van der Waals surface area contributed by atoms with Gasteiger partial charge in [0.05, 0.1) is 4.90 Å². The zero-order valence-electron chi connectivity index (χ0n) is 13.4. The molecule has 1 unspecified atom stereocenters. The van der Waals surface area contributed by atoms with Crippen LogP contribution < -0.4 is 5.32 Å². The number of H-pyrrole nitrogens is 1. The molecule has 0 saturated carbocycles. The van der Waals surface area contributed by atoms with Crippen LogP contribution in [0.1, 0.15) is 39.8 Å². The van der Waals surface area contributed by atoms with Crippen LogP contribution in [0.15, 0.2) is 17.2 Å². The molecule has 2 rings (SSSR count). The first-order valence-electron chi connectivity index (χ1n) is 7.71. The van der Waals surface area contributed by atoms with Crippen molar-refractivity contribution < 1.29 is 8.42 Å². The highest BCUT2D eigenvalue weighted by molar-refractivity contribution is 7.89. The second kappa shape index (κ2) is 6.50. The summed E-state index contributed by atoms with van der Waals surface area (Å²) in [6.07, 6.45) is 2.57. The molecule has 0 bridgehead atoms. The maximum atomic E-state index is 12.6. The molecule has 21 heavy (non-hydrogen) atoms. The van der Waals surface area contributed by atoms with Crippen LogP contribution in [-0.4, -0.2) is 36.8 Å². The normalized spacial score (nSPS) is 20.8. The lowest BCUT2D eigenvalue weighted by molar-refractivity contribution is 0.388. The zero-order valence-corrected chi connectivity index (χ0v) is 14.2. The van der Waals surface area contributed by atoms with Crippen LogP contribution in [0.5, 0.6) is 0 Å². The minimum absolute atomic E-state index is 0.374. The van der Waals surface area contributed by atoms with Gasteiger partial charge in [-0.15, -0.1) is 0 Å². The third-order valence-electron chi connectivity index (χ3n) is 4.19. The van der Waals surface area contributed by atoms with Gasteiger partial charge in [-0.3, -0.25) is 0 Å². The van der Waals surface area contributed by atoms with Crippen LogP contribution in [-0.2, 0) is 16.6 Å². The van der Waals surface area contributed by atoms with E-state index in [2.05, 4.69) is 38.0 Å². The van der Waals surface area contributed by atoms with Crippen molar-refractivity contribution in [3.63, 3.8) is 0 Å². The molecule has 2 heterocycles. The number of sulfonamides is 1. The molecule has 2 N–H and O–H groups in total. The Morgan fingerprint density at radius 1 is 1.38 bits per heavy atom. The molecule has 0 spiro atoms. The SMILES string of the molecule is CC(C)NCc1cc(S(=O)(=O)N2CCC(C(C)C)C2)c[nH]1. The Hall–Kier alpha value is -0.850. The summed E-state index contributed by atoms with van der Waals surface area (Å²) in [5.74, 6) is 1.00. The van der Waals surface area contributed by atoms with Crippen molar-refractivity contribution in [1.82, 2.24) is 14.6 Å². The number of hydrogen-bond donors (Lipinski definition) is 2. The molecule has 1 aliphatic rings. The predicted octanol–water partition coefficient (Wildman–Crippen LogP) is 2.18. The van der Waals surface area contributed by atoms with E-state index in [1.54, 1.807) is 16.6 Å². The first-order chi connectivity index (χ1) is 9.80. The van der Waals surface area contributed by atoms with Gasteiger partial charge in [-0.05, 0) is 24.3 Å². The second-order valence-corrected chi connectivity index (χ2v) is 8.49. The van der Waals surface area contributed by atoms with Crippen LogP contribution in [0.25, 0.3) is 0 Å². The molecule has 1 aromatic heterocycles. The molecular weight excluding hydrogens is 286 g/mol. The highest BCUT2D eigenvalue weighted by Crippen LogP contribution is 2.28. The predicted molar refractivity (Wildman–Crippen MR) is 84.5 cm³/mol. The molecule has 6 heteroatoms. The lowest BCUT2D eigenvalue weighted by atomic mass is 9.96. The molecule has 1 aliphatic heterocycles. The summed E-state index contributed by atoms with van der Waals surface area (Å²) in [5, 5.41) is 3.28. The maximum Gasteiger partial charge on any atom is 0.244 e. The van der Waals surface area contributed by atoms with Gasteiger partial charge in [0.15, 0.2) is 0 Å². The molecule has 0 aliphatic carbocycles. The third kappa shape index (κ3) is 3.87. The average Bonchev–Trinajstić information content (AvgIpc) is 3.06. The molecule has 1 aromatic rings. The van der Waals surface area contributed by atoms with E-state index in [0.29, 0.717) is 42.4 Å². The average molecular weight is 313 g/mol. The van der Waals surface area contributed by atoms with Gasteiger partial charge in [0.2, 0.25) is 10.0 Å². The van der Waals surface area contributed by atoms with E-state index in [1.807, 2.05) is 0 Å². The van der Waals surface area contributed by atoms with Crippen molar-refractivity contribution in [3.05, 3.63) is 18.0 Å². The molecule has 5 nitrogen and oxygen atoms in total. The fourth-order valence-corrected chi connectivity index (χ4v) is 4.18. The molecule has 120 valence electrons. The van der Waals surface area contributed by atoms with E-state index >= 15 is 0 Å². The summed E-state index contributed by atoms with van der Waals surface area (Å²) in [7, 11) is -3.35. The Morgan fingerprint density at radius 3 is 2.67 bits per heavy atom. The largest absolute Gasteiger partial charge is 0.363 e. The van der Waals surface area contributed by atoms with Gasteiger partial charge >= 0.3 is 0 Å². The van der Waals surface area contributed by atoms with E-state index < -0.39 is 10.0 Å². The molecule has 1 atom stereocenters. The summed E-state index contributed by atoms with van der Waals surface area (Å²) < 4.78 is 26.9. The van der Waals surface area contributed by atoms with Crippen molar-refractivity contribution in [2.75, 3.05) is 13.1 Å². The highest BCUT2D eigenvalue weighted by Gasteiger charge is 2.34. The monoisotopic (exact) mass is 313 g/mol. The standard InChI is InChI=1S/C15H27N3O2S/c1-11(2)13-5-6-18(10-13)21(19,20)15-7-14(17-9-15)8-16-12(3)4/h7,9,11-13,16-17H,5-6,8,10H2,1-4H3.